The highest BCUT2D eigenvalue weighted by molar-refractivity contribution is 7.14. The van der Waals surface area contributed by atoms with E-state index in [4.69, 9.17) is 17.3 Å². The minimum atomic E-state index is -4.64. The molecule has 0 amide bonds. The van der Waals surface area contributed by atoms with Gasteiger partial charge in [0.2, 0.25) is 0 Å². The second kappa shape index (κ2) is 5.03. The van der Waals surface area contributed by atoms with Crippen LogP contribution in [0, 0.1) is 0 Å². The Hall–Kier alpha value is -2.00. The number of halogens is 4. The summed E-state index contributed by atoms with van der Waals surface area (Å²) in [7, 11) is 1.65. The van der Waals surface area contributed by atoms with Crippen molar-refractivity contribution in [3.63, 3.8) is 0 Å². The van der Waals surface area contributed by atoms with Gasteiger partial charge in [-0.15, -0.1) is 11.3 Å². The SMILES string of the molecule is Cn1ccc(-n2nc(C(F)(F)F)c(-c3csc(Cl)c3)c2N)n1. The molecule has 2 N–H and O–H groups in total. The average Bonchev–Trinajstić information content (AvgIpc) is 3.08. The lowest BCUT2D eigenvalue weighted by atomic mass is 10.1. The van der Waals surface area contributed by atoms with Gasteiger partial charge < -0.3 is 5.73 Å². The van der Waals surface area contributed by atoms with Crippen molar-refractivity contribution in [3.8, 4) is 16.9 Å². The fourth-order valence-corrected chi connectivity index (χ4v) is 2.92. The number of anilines is 1. The summed E-state index contributed by atoms with van der Waals surface area (Å²) in [4.78, 5) is 0. The summed E-state index contributed by atoms with van der Waals surface area (Å²) in [6.45, 7) is 0. The zero-order valence-electron chi connectivity index (χ0n) is 11.1. The Morgan fingerprint density at radius 1 is 1.32 bits per heavy atom. The van der Waals surface area contributed by atoms with Crippen LogP contribution < -0.4 is 5.73 Å². The van der Waals surface area contributed by atoms with E-state index < -0.39 is 11.9 Å². The third-order valence-electron chi connectivity index (χ3n) is 2.96. The average molecular weight is 348 g/mol. The topological polar surface area (TPSA) is 61.7 Å². The van der Waals surface area contributed by atoms with Crippen LogP contribution in [0.3, 0.4) is 0 Å². The number of nitrogen functional groups attached to an aromatic ring is 1. The third kappa shape index (κ3) is 2.46. The van der Waals surface area contributed by atoms with Crippen LogP contribution in [0.4, 0.5) is 19.0 Å². The summed E-state index contributed by atoms with van der Waals surface area (Å²) in [6.07, 6.45) is -3.05. The van der Waals surface area contributed by atoms with Crippen LogP contribution >= 0.6 is 22.9 Å². The van der Waals surface area contributed by atoms with Crippen LogP contribution in [0.25, 0.3) is 16.9 Å². The highest BCUT2D eigenvalue weighted by Gasteiger charge is 2.40. The zero-order chi connectivity index (χ0) is 16.1. The van der Waals surface area contributed by atoms with Crippen molar-refractivity contribution in [2.45, 2.75) is 6.18 Å². The molecular formula is C12H9ClF3N5S. The van der Waals surface area contributed by atoms with E-state index in [1.54, 1.807) is 13.2 Å². The second-order valence-corrected chi connectivity index (χ2v) is 6.05. The molecule has 0 aliphatic rings. The Morgan fingerprint density at radius 3 is 2.55 bits per heavy atom. The van der Waals surface area contributed by atoms with Crippen LogP contribution in [0.2, 0.25) is 4.34 Å². The summed E-state index contributed by atoms with van der Waals surface area (Å²) in [6, 6.07) is 2.95. The molecule has 0 aromatic carbocycles. The first-order valence-electron chi connectivity index (χ1n) is 5.97. The van der Waals surface area contributed by atoms with Gasteiger partial charge in [-0.05, 0) is 11.6 Å². The molecule has 5 nitrogen and oxygen atoms in total. The normalized spacial score (nSPS) is 12.0. The molecule has 0 fully saturated rings. The van der Waals surface area contributed by atoms with Crippen molar-refractivity contribution in [2.75, 3.05) is 5.73 Å². The number of thiophene rings is 1. The lowest BCUT2D eigenvalue weighted by molar-refractivity contribution is -0.140. The van der Waals surface area contributed by atoms with Crippen LogP contribution in [0.5, 0.6) is 0 Å². The standard InChI is InChI=1S/C12H9ClF3N5S/c1-20-3-2-8(18-20)21-11(17)9(6-4-7(13)22-5-6)10(19-21)12(14,15)16/h2-5H,17H2,1H3. The molecule has 0 bridgehead atoms. The van der Waals surface area contributed by atoms with E-state index in [-0.39, 0.29) is 22.8 Å². The van der Waals surface area contributed by atoms with Gasteiger partial charge in [0.25, 0.3) is 0 Å². The van der Waals surface area contributed by atoms with Crippen molar-refractivity contribution >= 4 is 28.8 Å². The first kappa shape index (κ1) is 14.9. The van der Waals surface area contributed by atoms with E-state index >= 15 is 0 Å². The summed E-state index contributed by atoms with van der Waals surface area (Å²) in [5.74, 6) is 0.0681. The number of nitrogens with zero attached hydrogens (tertiary/aromatic N) is 4. The number of rotatable bonds is 2. The number of hydrogen-bond donors (Lipinski definition) is 1. The molecule has 3 rings (SSSR count). The molecule has 0 atom stereocenters. The third-order valence-corrected chi connectivity index (χ3v) is 4.05. The molecule has 22 heavy (non-hydrogen) atoms. The lowest BCUT2D eigenvalue weighted by Gasteiger charge is -2.04. The molecule has 0 saturated heterocycles. The van der Waals surface area contributed by atoms with Crippen molar-refractivity contribution in [2.24, 2.45) is 7.05 Å². The Morgan fingerprint density at radius 2 is 2.05 bits per heavy atom. The second-order valence-electron chi connectivity index (χ2n) is 4.51. The highest BCUT2D eigenvalue weighted by atomic mass is 35.5. The molecule has 3 heterocycles. The number of hydrogen-bond acceptors (Lipinski definition) is 4. The van der Waals surface area contributed by atoms with E-state index in [0.717, 1.165) is 16.0 Å². The van der Waals surface area contributed by atoms with Crippen LogP contribution in [0.15, 0.2) is 23.7 Å². The van der Waals surface area contributed by atoms with Gasteiger partial charge >= 0.3 is 6.18 Å². The van der Waals surface area contributed by atoms with E-state index in [0.29, 0.717) is 4.34 Å². The molecule has 3 aromatic heterocycles. The lowest BCUT2D eigenvalue weighted by Crippen LogP contribution is -2.08. The Labute approximate surface area is 131 Å². The number of aromatic nitrogens is 4. The molecular weight excluding hydrogens is 339 g/mol. The smallest absolute Gasteiger partial charge is 0.383 e. The maximum atomic E-state index is 13.3. The summed E-state index contributed by atoms with van der Waals surface area (Å²) in [5, 5.41) is 9.13. The fraction of sp³-hybridized carbons (Fsp3) is 0.167. The minimum Gasteiger partial charge on any atom is -0.383 e. The van der Waals surface area contributed by atoms with Gasteiger partial charge in [-0.25, -0.2) is 0 Å². The Kier molecular flexibility index (Phi) is 3.41. The maximum absolute atomic E-state index is 13.3. The van der Waals surface area contributed by atoms with E-state index in [9.17, 15) is 13.2 Å². The molecule has 3 aromatic rings. The summed E-state index contributed by atoms with van der Waals surface area (Å²) in [5.41, 5.74) is 4.92. The molecule has 0 spiro atoms. The molecule has 0 aliphatic heterocycles. The Balaban J connectivity index is 2.25. The largest absolute Gasteiger partial charge is 0.435 e. The van der Waals surface area contributed by atoms with Crippen LogP contribution in [-0.2, 0) is 13.2 Å². The maximum Gasteiger partial charge on any atom is 0.435 e. The van der Waals surface area contributed by atoms with Crippen LogP contribution in [-0.4, -0.2) is 19.6 Å². The first-order valence-corrected chi connectivity index (χ1v) is 7.23. The summed E-state index contributed by atoms with van der Waals surface area (Å²) >= 11 is 6.93. The number of aryl methyl sites for hydroxylation is 1. The van der Waals surface area contributed by atoms with Gasteiger partial charge in [0.1, 0.15) is 5.82 Å². The summed E-state index contributed by atoms with van der Waals surface area (Å²) < 4.78 is 42.6. The van der Waals surface area contributed by atoms with Crippen LogP contribution in [0.1, 0.15) is 5.69 Å². The molecule has 116 valence electrons. The molecule has 0 saturated carbocycles. The predicted molar refractivity (Wildman–Crippen MR) is 78.1 cm³/mol. The van der Waals surface area contributed by atoms with E-state index in [1.165, 1.54) is 22.2 Å². The van der Waals surface area contributed by atoms with Crippen molar-refractivity contribution in [1.29, 1.82) is 0 Å². The van der Waals surface area contributed by atoms with Gasteiger partial charge in [-0.1, -0.05) is 11.6 Å². The monoisotopic (exact) mass is 347 g/mol. The van der Waals surface area contributed by atoms with Crippen molar-refractivity contribution in [3.05, 3.63) is 33.7 Å². The number of alkyl halides is 3. The van der Waals surface area contributed by atoms with Gasteiger partial charge in [0.15, 0.2) is 11.5 Å². The quantitative estimate of drug-likeness (QED) is 0.770. The van der Waals surface area contributed by atoms with E-state index in [2.05, 4.69) is 10.2 Å². The molecule has 10 heteroatoms. The number of nitrogens with two attached hydrogens (primary N) is 1. The predicted octanol–water partition coefficient (Wildman–Crippen LogP) is 3.59. The fourth-order valence-electron chi connectivity index (χ4n) is 2.05. The first-order chi connectivity index (χ1) is 10.3. The van der Waals surface area contributed by atoms with Crippen molar-refractivity contribution < 1.29 is 13.2 Å². The van der Waals surface area contributed by atoms with Gasteiger partial charge in [0, 0.05) is 24.7 Å². The minimum absolute atomic E-state index is 0.138. The van der Waals surface area contributed by atoms with Gasteiger partial charge in [0.05, 0.1) is 9.90 Å². The molecule has 0 unspecified atom stereocenters. The molecule has 0 radical (unpaired) electrons. The zero-order valence-corrected chi connectivity index (χ0v) is 12.7. The van der Waals surface area contributed by atoms with Gasteiger partial charge in [-0.3, -0.25) is 4.68 Å². The van der Waals surface area contributed by atoms with Gasteiger partial charge in [-0.2, -0.15) is 28.1 Å². The highest BCUT2D eigenvalue weighted by Crippen LogP contribution is 2.42. The Bertz CT molecular complexity index is 832. The van der Waals surface area contributed by atoms with Crippen molar-refractivity contribution in [1.82, 2.24) is 19.6 Å². The van der Waals surface area contributed by atoms with E-state index in [1.807, 2.05) is 0 Å². The molecule has 0 aliphatic carbocycles.